The van der Waals surface area contributed by atoms with Gasteiger partial charge in [-0.25, -0.2) is 0 Å². The average Bonchev–Trinajstić information content (AvgIpc) is 3.23. The number of hydrogen-bond donors (Lipinski definition) is 0. The van der Waals surface area contributed by atoms with Gasteiger partial charge in [-0.15, -0.1) is 0 Å². The molecule has 0 radical (unpaired) electrons. The van der Waals surface area contributed by atoms with Gasteiger partial charge in [-0.3, -0.25) is 0 Å². The summed E-state index contributed by atoms with van der Waals surface area (Å²) in [5, 5.41) is 0. The molecule has 4 nitrogen and oxygen atoms in total. The molecule has 0 N–H and O–H groups in total. The third-order valence-corrected chi connectivity index (χ3v) is 10.3. The Balaban J connectivity index is 0.943. The Morgan fingerprint density at radius 1 is 0.208 bits per heavy atom. The lowest BCUT2D eigenvalue weighted by Gasteiger charge is -2.40. The molecule has 252 valence electrons. The van der Waals surface area contributed by atoms with Crippen molar-refractivity contribution in [2.75, 3.05) is 19.6 Å². The van der Waals surface area contributed by atoms with Gasteiger partial charge >= 0.3 is 0 Å². The zero-order chi connectivity index (χ0) is 35.1. The Kier molecular flexibility index (Phi) is 7.51. The molecule has 0 fully saturated rings. The molecular weight excluding hydrogens is 645 g/mol. The lowest BCUT2D eigenvalue weighted by Crippen LogP contribution is -2.23. The number of anilines is 12. The first-order valence-electron chi connectivity index (χ1n) is 18.2. The molecule has 0 aliphatic carbocycles. The van der Waals surface area contributed by atoms with Crippen LogP contribution in [0.3, 0.4) is 0 Å². The zero-order valence-electron chi connectivity index (χ0n) is 29.1. The second-order valence-electron chi connectivity index (χ2n) is 13.5. The Labute approximate surface area is 310 Å². The van der Waals surface area contributed by atoms with Crippen LogP contribution in [0.5, 0.6) is 0 Å². The molecule has 0 spiro atoms. The molecule has 0 amide bonds. The Morgan fingerprint density at radius 2 is 0.415 bits per heavy atom. The van der Waals surface area contributed by atoms with Crippen molar-refractivity contribution >= 4 is 68.2 Å². The van der Waals surface area contributed by atoms with Gasteiger partial charge in [-0.1, -0.05) is 109 Å². The molecular formula is C49H36N4. The summed E-state index contributed by atoms with van der Waals surface area (Å²) >= 11 is 0. The van der Waals surface area contributed by atoms with Gasteiger partial charge in [0.15, 0.2) is 0 Å². The van der Waals surface area contributed by atoms with E-state index in [1.165, 1.54) is 11.1 Å². The van der Waals surface area contributed by atoms with Crippen molar-refractivity contribution in [3.05, 3.63) is 217 Å². The highest BCUT2D eigenvalue weighted by Gasteiger charge is 2.31. The number of rotatable bonds is 6. The summed E-state index contributed by atoms with van der Waals surface area (Å²) in [6.45, 7) is 0. The zero-order valence-corrected chi connectivity index (χ0v) is 29.1. The molecule has 10 rings (SSSR count). The quantitative estimate of drug-likeness (QED) is 0.173. The van der Waals surface area contributed by atoms with Crippen molar-refractivity contribution in [3.8, 4) is 0 Å². The van der Waals surface area contributed by atoms with Gasteiger partial charge in [0.25, 0.3) is 0 Å². The van der Waals surface area contributed by atoms with Crippen LogP contribution < -0.4 is 19.6 Å². The molecule has 4 heteroatoms. The summed E-state index contributed by atoms with van der Waals surface area (Å²) in [5.41, 5.74) is 16.4. The molecule has 0 atom stereocenters. The fourth-order valence-corrected chi connectivity index (χ4v) is 7.92. The highest BCUT2D eigenvalue weighted by atomic mass is 15.3. The number of fused-ring (bicyclic) bond motifs is 4. The summed E-state index contributed by atoms with van der Waals surface area (Å²) in [5.74, 6) is 0. The summed E-state index contributed by atoms with van der Waals surface area (Å²) < 4.78 is 0. The summed E-state index contributed by atoms with van der Waals surface area (Å²) in [6.07, 6.45) is 0.852. The topological polar surface area (TPSA) is 13.0 Å². The Morgan fingerprint density at radius 3 is 0.660 bits per heavy atom. The van der Waals surface area contributed by atoms with Crippen LogP contribution in [0.4, 0.5) is 68.2 Å². The predicted molar refractivity (Wildman–Crippen MR) is 222 cm³/mol. The molecule has 0 aromatic heterocycles. The molecule has 0 unspecified atom stereocenters. The van der Waals surface area contributed by atoms with E-state index in [1.54, 1.807) is 0 Å². The minimum Gasteiger partial charge on any atom is -0.306 e. The van der Waals surface area contributed by atoms with Gasteiger partial charge < -0.3 is 19.6 Å². The fourth-order valence-electron chi connectivity index (χ4n) is 7.92. The first kappa shape index (κ1) is 30.8. The molecule has 2 heterocycles. The Hall–Kier alpha value is -7.04. The third kappa shape index (κ3) is 5.31. The Bertz CT molecular complexity index is 2270. The van der Waals surface area contributed by atoms with Crippen molar-refractivity contribution in [2.45, 2.75) is 6.42 Å². The van der Waals surface area contributed by atoms with Crippen LogP contribution >= 0.6 is 0 Å². The standard InChI is InChI=1S/C49H36N4/c1-3-15-38(16-4-1)50-42-19-7-11-23-46(42)52(47-24-12-8-20-43(47)50)40-31-27-36(28-32-40)35-37-29-33-41(34-30-37)53-48-25-13-9-21-44(48)51(39-17-5-2-6-18-39)45-22-10-14-26-49(45)53/h1-34H,35H2. The molecule has 2 aliphatic heterocycles. The lowest BCUT2D eigenvalue weighted by atomic mass is 10.0. The maximum atomic E-state index is 2.38. The van der Waals surface area contributed by atoms with Gasteiger partial charge in [-0.05, 0) is 115 Å². The first-order chi connectivity index (χ1) is 26.3. The van der Waals surface area contributed by atoms with Gasteiger partial charge in [0.1, 0.15) is 0 Å². The van der Waals surface area contributed by atoms with Crippen molar-refractivity contribution in [1.29, 1.82) is 0 Å². The van der Waals surface area contributed by atoms with Crippen molar-refractivity contribution < 1.29 is 0 Å². The minimum absolute atomic E-state index is 0.852. The predicted octanol–water partition coefficient (Wildman–Crippen LogP) is 13.8. The second kappa shape index (κ2) is 12.9. The average molecular weight is 681 g/mol. The van der Waals surface area contributed by atoms with Crippen molar-refractivity contribution in [3.63, 3.8) is 0 Å². The maximum Gasteiger partial charge on any atom is 0.0703 e. The normalized spacial score (nSPS) is 12.8. The molecule has 8 aromatic carbocycles. The monoisotopic (exact) mass is 680 g/mol. The van der Waals surface area contributed by atoms with E-state index in [4.69, 9.17) is 0 Å². The maximum absolute atomic E-state index is 2.38. The molecule has 8 aromatic rings. The van der Waals surface area contributed by atoms with Gasteiger partial charge in [-0.2, -0.15) is 0 Å². The van der Waals surface area contributed by atoms with E-state index in [1.807, 2.05) is 0 Å². The van der Waals surface area contributed by atoms with E-state index >= 15 is 0 Å². The molecule has 2 aliphatic rings. The van der Waals surface area contributed by atoms with Crippen molar-refractivity contribution in [2.24, 2.45) is 0 Å². The summed E-state index contributed by atoms with van der Waals surface area (Å²) in [7, 11) is 0. The summed E-state index contributed by atoms with van der Waals surface area (Å²) in [4.78, 5) is 9.49. The molecule has 53 heavy (non-hydrogen) atoms. The second-order valence-corrected chi connectivity index (χ2v) is 13.5. The SMILES string of the molecule is c1ccc(N2c3ccccc3N(c3ccc(Cc4ccc(N5c6ccccc6N(c6ccccc6)c6ccccc65)cc4)cc3)c3ccccc32)cc1. The number of para-hydroxylation sites is 10. The van der Waals surface area contributed by atoms with Crippen LogP contribution in [0.1, 0.15) is 11.1 Å². The number of hydrogen-bond acceptors (Lipinski definition) is 4. The smallest absolute Gasteiger partial charge is 0.0703 e. The largest absolute Gasteiger partial charge is 0.306 e. The van der Waals surface area contributed by atoms with Crippen LogP contribution in [0.25, 0.3) is 0 Å². The van der Waals surface area contributed by atoms with Gasteiger partial charge in [0, 0.05) is 22.7 Å². The van der Waals surface area contributed by atoms with E-state index < -0.39 is 0 Å². The molecule has 0 bridgehead atoms. The van der Waals surface area contributed by atoms with Crippen LogP contribution in [0.15, 0.2) is 206 Å². The number of nitrogens with zero attached hydrogens (tertiary/aromatic N) is 4. The van der Waals surface area contributed by atoms with E-state index in [-0.39, 0.29) is 0 Å². The van der Waals surface area contributed by atoms with Crippen LogP contribution in [-0.4, -0.2) is 0 Å². The third-order valence-electron chi connectivity index (χ3n) is 10.3. The van der Waals surface area contributed by atoms with E-state index in [0.717, 1.165) is 74.7 Å². The van der Waals surface area contributed by atoms with Crippen LogP contribution in [-0.2, 0) is 6.42 Å². The first-order valence-corrected chi connectivity index (χ1v) is 18.2. The van der Waals surface area contributed by atoms with E-state index in [0.29, 0.717) is 0 Å². The van der Waals surface area contributed by atoms with Crippen LogP contribution in [0.2, 0.25) is 0 Å². The van der Waals surface area contributed by atoms with E-state index in [9.17, 15) is 0 Å². The highest BCUT2D eigenvalue weighted by molar-refractivity contribution is 6.02. The van der Waals surface area contributed by atoms with E-state index in [2.05, 4.69) is 226 Å². The lowest BCUT2D eigenvalue weighted by molar-refractivity contribution is 1.15. The van der Waals surface area contributed by atoms with Crippen molar-refractivity contribution in [1.82, 2.24) is 0 Å². The fraction of sp³-hybridized carbons (Fsp3) is 0.0204. The number of benzene rings is 8. The summed E-state index contributed by atoms with van der Waals surface area (Å²) in [6, 6.07) is 74.1. The van der Waals surface area contributed by atoms with Crippen LogP contribution in [0, 0.1) is 0 Å². The van der Waals surface area contributed by atoms with Gasteiger partial charge in [0.2, 0.25) is 0 Å². The van der Waals surface area contributed by atoms with Gasteiger partial charge in [0.05, 0.1) is 45.5 Å². The highest BCUT2D eigenvalue weighted by Crippen LogP contribution is 2.55. The minimum atomic E-state index is 0.852. The molecule has 0 saturated heterocycles. The molecule has 0 saturated carbocycles.